The maximum atomic E-state index is 3.62. The average Bonchev–Trinajstić information content (AvgIpc) is 2.34. The molecule has 0 radical (unpaired) electrons. The van der Waals surface area contributed by atoms with Crippen molar-refractivity contribution < 1.29 is 0 Å². The highest BCUT2D eigenvalue weighted by Crippen LogP contribution is 2.31. The van der Waals surface area contributed by atoms with E-state index in [1.807, 2.05) is 0 Å². The molecule has 0 aliphatic carbocycles. The predicted octanol–water partition coefficient (Wildman–Crippen LogP) is 2.81. The number of hydrogen-bond acceptors (Lipinski definition) is 1. The Kier molecular flexibility index (Phi) is 3.57. The summed E-state index contributed by atoms with van der Waals surface area (Å²) in [5, 5.41) is 3.62. The maximum absolute atomic E-state index is 3.62. The fraction of sp³-hybridized carbons (Fsp3) is 1.00. The molecule has 1 saturated heterocycles. The summed E-state index contributed by atoms with van der Waals surface area (Å²) in [5.41, 5.74) is 0. The fourth-order valence-corrected chi connectivity index (χ4v) is 2.75. The van der Waals surface area contributed by atoms with Gasteiger partial charge in [0.25, 0.3) is 0 Å². The van der Waals surface area contributed by atoms with Gasteiger partial charge in [0.1, 0.15) is 0 Å². The van der Waals surface area contributed by atoms with Crippen molar-refractivity contribution in [3.63, 3.8) is 0 Å². The first-order valence-corrected chi connectivity index (χ1v) is 5.45. The van der Waals surface area contributed by atoms with Crippen LogP contribution in [0.3, 0.4) is 0 Å². The summed E-state index contributed by atoms with van der Waals surface area (Å²) >= 11 is 0. The van der Waals surface area contributed by atoms with E-state index in [0.29, 0.717) is 0 Å². The molecule has 1 nitrogen and oxygen atoms in total. The minimum absolute atomic E-state index is 0.741. The Balaban J connectivity index is 2.50. The van der Waals surface area contributed by atoms with Crippen molar-refractivity contribution in [2.24, 2.45) is 11.8 Å². The molecular formula is C11H23N. The molecule has 1 rings (SSSR count). The fourth-order valence-electron chi connectivity index (χ4n) is 2.75. The molecular weight excluding hydrogens is 146 g/mol. The third-order valence-corrected chi connectivity index (χ3v) is 3.47. The van der Waals surface area contributed by atoms with Crippen LogP contribution in [0.2, 0.25) is 0 Å². The second-order valence-corrected chi connectivity index (χ2v) is 4.33. The van der Waals surface area contributed by atoms with Crippen LogP contribution < -0.4 is 5.32 Å². The van der Waals surface area contributed by atoms with Crippen LogP contribution in [-0.4, -0.2) is 12.1 Å². The normalized spacial score (nSPS) is 36.2. The first kappa shape index (κ1) is 10.0. The summed E-state index contributed by atoms with van der Waals surface area (Å²) in [6, 6.07) is 1.48. The van der Waals surface area contributed by atoms with Crippen LogP contribution in [0, 0.1) is 11.8 Å². The third-order valence-electron chi connectivity index (χ3n) is 3.47. The van der Waals surface area contributed by atoms with E-state index in [0.717, 1.165) is 23.9 Å². The molecule has 1 N–H and O–H groups in total. The smallest absolute Gasteiger partial charge is 0.00726 e. The molecule has 0 amide bonds. The summed E-state index contributed by atoms with van der Waals surface area (Å²) in [4.78, 5) is 0. The molecule has 0 aromatic rings. The lowest BCUT2D eigenvalue weighted by Crippen LogP contribution is -2.29. The van der Waals surface area contributed by atoms with Gasteiger partial charge in [-0.1, -0.05) is 26.7 Å². The van der Waals surface area contributed by atoms with Crippen LogP contribution in [-0.2, 0) is 0 Å². The SMILES string of the molecule is CCC(CC)C1CC(C)NC1C. The monoisotopic (exact) mass is 169 g/mol. The second kappa shape index (κ2) is 4.27. The van der Waals surface area contributed by atoms with Gasteiger partial charge in [-0.05, 0) is 32.1 Å². The first-order chi connectivity index (χ1) is 5.69. The van der Waals surface area contributed by atoms with E-state index in [2.05, 4.69) is 33.0 Å². The van der Waals surface area contributed by atoms with E-state index in [9.17, 15) is 0 Å². The van der Waals surface area contributed by atoms with Crippen LogP contribution in [0.4, 0.5) is 0 Å². The largest absolute Gasteiger partial charge is 0.311 e. The van der Waals surface area contributed by atoms with Crippen LogP contribution >= 0.6 is 0 Å². The summed E-state index contributed by atoms with van der Waals surface area (Å²) in [7, 11) is 0. The van der Waals surface area contributed by atoms with E-state index in [1.54, 1.807) is 0 Å². The Bertz CT molecular complexity index is 129. The summed E-state index contributed by atoms with van der Waals surface area (Å²) in [6.07, 6.45) is 4.08. The van der Waals surface area contributed by atoms with E-state index in [4.69, 9.17) is 0 Å². The van der Waals surface area contributed by atoms with Gasteiger partial charge in [0.2, 0.25) is 0 Å². The van der Waals surface area contributed by atoms with Crippen molar-refractivity contribution in [3.8, 4) is 0 Å². The Morgan fingerprint density at radius 2 is 1.83 bits per heavy atom. The van der Waals surface area contributed by atoms with Crippen LogP contribution in [0.15, 0.2) is 0 Å². The van der Waals surface area contributed by atoms with Gasteiger partial charge in [-0.25, -0.2) is 0 Å². The highest BCUT2D eigenvalue weighted by atomic mass is 15.0. The van der Waals surface area contributed by atoms with Crippen LogP contribution in [0.1, 0.15) is 47.0 Å². The van der Waals surface area contributed by atoms with Gasteiger partial charge < -0.3 is 5.32 Å². The molecule has 72 valence electrons. The first-order valence-electron chi connectivity index (χ1n) is 5.45. The van der Waals surface area contributed by atoms with E-state index >= 15 is 0 Å². The van der Waals surface area contributed by atoms with Crippen molar-refractivity contribution in [1.82, 2.24) is 5.32 Å². The van der Waals surface area contributed by atoms with E-state index in [-0.39, 0.29) is 0 Å². The zero-order chi connectivity index (χ0) is 9.14. The summed E-state index contributed by atoms with van der Waals surface area (Å²) < 4.78 is 0. The lowest BCUT2D eigenvalue weighted by atomic mass is 9.83. The summed E-state index contributed by atoms with van der Waals surface area (Å²) in [5.74, 6) is 1.87. The summed E-state index contributed by atoms with van der Waals surface area (Å²) in [6.45, 7) is 9.29. The Morgan fingerprint density at radius 1 is 1.25 bits per heavy atom. The van der Waals surface area contributed by atoms with Gasteiger partial charge >= 0.3 is 0 Å². The van der Waals surface area contributed by atoms with Crippen LogP contribution in [0.25, 0.3) is 0 Å². The van der Waals surface area contributed by atoms with Crippen LogP contribution in [0.5, 0.6) is 0 Å². The zero-order valence-electron chi connectivity index (χ0n) is 8.93. The highest BCUT2D eigenvalue weighted by molar-refractivity contribution is 4.88. The molecule has 0 spiro atoms. The molecule has 1 aliphatic rings. The molecule has 1 aliphatic heterocycles. The van der Waals surface area contributed by atoms with Crippen molar-refractivity contribution in [2.45, 2.75) is 59.0 Å². The predicted molar refractivity (Wildman–Crippen MR) is 54.2 cm³/mol. The molecule has 1 heteroatoms. The van der Waals surface area contributed by atoms with Gasteiger partial charge in [-0.2, -0.15) is 0 Å². The minimum Gasteiger partial charge on any atom is -0.311 e. The highest BCUT2D eigenvalue weighted by Gasteiger charge is 2.32. The van der Waals surface area contributed by atoms with Crippen molar-refractivity contribution >= 4 is 0 Å². The quantitative estimate of drug-likeness (QED) is 0.685. The third kappa shape index (κ3) is 2.01. The molecule has 0 aromatic heterocycles. The Labute approximate surface area is 76.9 Å². The lowest BCUT2D eigenvalue weighted by Gasteiger charge is -2.23. The molecule has 3 unspecified atom stereocenters. The molecule has 1 heterocycles. The van der Waals surface area contributed by atoms with Crippen molar-refractivity contribution in [1.29, 1.82) is 0 Å². The van der Waals surface area contributed by atoms with Gasteiger partial charge in [-0.15, -0.1) is 0 Å². The minimum atomic E-state index is 0.741. The van der Waals surface area contributed by atoms with E-state index in [1.165, 1.54) is 19.3 Å². The van der Waals surface area contributed by atoms with Gasteiger partial charge in [0.05, 0.1) is 0 Å². The Hall–Kier alpha value is -0.0400. The van der Waals surface area contributed by atoms with E-state index < -0.39 is 0 Å². The van der Waals surface area contributed by atoms with Crippen molar-refractivity contribution in [2.75, 3.05) is 0 Å². The molecule has 3 atom stereocenters. The standard InChI is InChI=1S/C11H23N/c1-5-10(6-2)11-7-8(3)12-9(11)4/h8-12H,5-7H2,1-4H3. The molecule has 0 aromatic carbocycles. The number of rotatable bonds is 3. The second-order valence-electron chi connectivity index (χ2n) is 4.33. The lowest BCUT2D eigenvalue weighted by molar-refractivity contribution is 0.292. The van der Waals surface area contributed by atoms with Gasteiger partial charge in [0, 0.05) is 12.1 Å². The molecule has 0 saturated carbocycles. The number of nitrogens with one attached hydrogen (secondary N) is 1. The average molecular weight is 169 g/mol. The zero-order valence-corrected chi connectivity index (χ0v) is 8.93. The van der Waals surface area contributed by atoms with Gasteiger partial charge in [0.15, 0.2) is 0 Å². The maximum Gasteiger partial charge on any atom is 0.00726 e. The van der Waals surface area contributed by atoms with Gasteiger partial charge in [-0.3, -0.25) is 0 Å². The number of hydrogen-bond donors (Lipinski definition) is 1. The molecule has 1 fully saturated rings. The topological polar surface area (TPSA) is 12.0 Å². The van der Waals surface area contributed by atoms with Crippen molar-refractivity contribution in [3.05, 3.63) is 0 Å². The Morgan fingerprint density at radius 3 is 2.17 bits per heavy atom. The molecule has 0 bridgehead atoms. The molecule has 12 heavy (non-hydrogen) atoms.